The monoisotopic (exact) mass is 465 g/mol. The van der Waals surface area contributed by atoms with Crippen LogP contribution in [0.15, 0.2) is 24.3 Å². The molecular weight excluding hydrogens is 434 g/mol. The summed E-state index contributed by atoms with van der Waals surface area (Å²) in [5.74, 6) is -0.373. The predicted octanol–water partition coefficient (Wildman–Crippen LogP) is 3.37. The molecule has 2 atom stereocenters. The van der Waals surface area contributed by atoms with Gasteiger partial charge in [0, 0.05) is 25.0 Å². The van der Waals surface area contributed by atoms with Gasteiger partial charge in [0.25, 0.3) is 0 Å². The van der Waals surface area contributed by atoms with Crippen LogP contribution in [0, 0.1) is 0 Å². The van der Waals surface area contributed by atoms with Crippen molar-refractivity contribution in [2.75, 3.05) is 24.5 Å². The lowest BCUT2D eigenvalue weighted by molar-refractivity contribution is -0.143. The summed E-state index contributed by atoms with van der Waals surface area (Å²) < 4.78 is 10.9. The van der Waals surface area contributed by atoms with Gasteiger partial charge in [0.1, 0.15) is 11.7 Å². The Balaban J connectivity index is 1.76. The van der Waals surface area contributed by atoms with Crippen molar-refractivity contribution in [1.29, 1.82) is 0 Å². The summed E-state index contributed by atoms with van der Waals surface area (Å²) in [6.45, 7) is 10.3. The van der Waals surface area contributed by atoms with Crippen LogP contribution in [0.25, 0.3) is 0 Å². The van der Waals surface area contributed by atoms with Gasteiger partial charge >= 0.3 is 12.1 Å². The first-order valence-electron chi connectivity index (χ1n) is 10.8. The van der Waals surface area contributed by atoms with Crippen LogP contribution in [-0.2, 0) is 19.1 Å². The average molecular weight is 466 g/mol. The minimum atomic E-state index is -0.656. The van der Waals surface area contributed by atoms with E-state index in [1.54, 1.807) is 31.7 Å². The number of para-hydroxylation sites is 1. The van der Waals surface area contributed by atoms with Gasteiger partial charge in [-0.05, 0) is 53.2 Å². The van der Waals surface area contributed by atoms with E-state index in [2.05, 4.69) is 5.32 Å². The van der Waals surface area contributed by atoms with Crippen molar-refractivity contribution in [3.05, 3.63) is 29.3 Å². The SMILES string of the molecule is CC(C)(C)OC(=O)N[C@@H](CN1CC(=O)N(c2ccccc2Cl)CC1(C)C)[C@@H]1CCC(=O)O1. The van der Waals surface area contributed by atoms with Gasteiger partial charge in [-0.25, -0.2) is 4.79 Å². The maximum Gasteiger partial charge on any atom is 0.408 e. The van der Waals surface area contributed by atoms with Crippen LogP contribution < -0.4 is 10.2 Å². The third kappa shape index (κ3) is 5.92. The highest BCUT2D eigenvalue weighted by Gasteiger charge is 2.42. The Morgan fingerprint density at radius 3 is 2.59 bits per heavy atom. The van der Waals surface area contributed by atoms with Crippen LogP contribution in [0.1, 0.15) is 47.5 Å². The lowest BCUT2D eigenvalue weighted by Gasteiger charge is -2.48. The molecule has 176 valence electrons. The molecule has 2 heterocycles. The Morgan fingerprint density at radius 1 is 1.31 bits per heavy atom. The standard InChI is InChI=1S/C23H32ClN3O5/c1-22(2,3)32-21(30)25-16(18-10-11-20(29)31-18)12-26-13-19(28)27(14-23(26,4)5)17-9-7-6-8-15(17)24/h6-9,16,18H,10-14H2,1-5H3,(H,25,30)/t16-,18-/m0/s1. The van der Waals surface area contributed by atoms with E-state index in [4.69, 9.17) is 21.1 Å². The predicted molar refractivity (Wildman–Crippen MR) is 122 cm³/mol. The van der Waals surface area contributed by atoms with Crippen LogP contribution in [0.4, 0.5) is 10.5 Å². The fraction of sp³-hybridized carbons (Fsp3) is 0.609. The molecule has 2 amide bonds. The molecule has 32 heavy (non-hydrogen) atoms. The van der Waals surface area contributed by atoms with E-state index in [1.165, 1.54) is 0 Å². The minimum Gasteiger partial charge on any atom is -0.460 e. The highest BCUT2D eigenvalue weighted by atomic mass is 35.5. The highest BCUT2D eigenvalue weighted by molar-refractivity contribution is 6.33. The van der Waals surface area contributed by atoms with E-state index in [0.717, 1.165) is 0 Å². The molecule has 0 aromatic heterocycles. The molecule has 0 aliphatic carbocycles. The number of alkyl carbamates (subject to hydrolysis) is 1. The molecule has 0 radical (unpaired) electrons. The number of cyclic esters (lactones) is 1. The zero-order valence-corrected chi connectivity index (χ0v) is 20.1. The van der Waals surface area contributed by atoms with Crippen molar-refractivity contribution >= 4 is 35.3 Å². The summed E-state index contributed by atoms with van der Waals surface area (Å²) in [5, 5.41) is 3.38. The van der Waals surface area contributed by atoms with Crippen molar-refractivity contribution in [2.24, 2.45) is 0 Å². The van der Waals surface area contributed by atoms with Crippen LogP contribution in [0.5, 0.6) is 0 Å². The van der Waals surface area contributed by atoms with E-state index in [9.17, 15) is 14.4 Å². The van der Waals surface area contributed by atoms with Gasteiger partial charge in [0.05, 0.1) is 23.3 Å². The summed E-state index contributed by atoms with van der Waals surface area (Å²) in [4.78, 5) is 40.9. The molecule has 0 spiro atoms. The molecule has 9 heteroatoms. The molecule has 0 unspecified atom stereocenters. The zero-order chi connectivity index (χ0) is 23.7. The van der Waals surface area contributed by atoms with Crippen molar-refractivity contribution in [3.63, 3.8) is 0 Å². The minimum absolute atomic E-state index is 0.0862. The number of halogens is 1. The largest absolute Gasteiger partial charge is 0.460 e. The molecule has 1 N–H and O–H groups in total. The van der Waals surface area contributed by atoms with E-state index >= 15 is 0 Å². The van der Waals surface area contributed by atoms with E-state index in [-0.39, 0.29) is 18.4 Å². The van der Waals surface area contributed by atoms with Gasteiger partial charge in [-0.2, -0.15) is 0 Å². The zero-order valence-electron chi connectivity index (χ0n) is 19.3. The maximum atomic E-state index is 13.0. The smallest absolute Gasteiger partial charge is 0.408 e. The molecule has 2 fully saturated rings. The Bertz CT molecular complexity index is 883. The lowest BCUT2D eigenvalue weighted by Crippen LogP contribution is -2.65. The van der Waals surface area contributed by atoms with Crippen LogP contribution in [-0.4, -0.2) is 65.8 Å². The van der Waals surface area contributed by atoms with E-state index < -0.39 is 29.4 Å². The molecule has 2 saturated heterocycles. The van der Waals surface area contributed by atoms with Crippen LogP contribution in [0.2, 0.25) is 5.02 Å². The molecular formula is C23H32ClN3O5. The fourth-order valence-corrected chi connectivity index (χ4v) is 4.26. The number of amides is 2. The summed E-state index contributed by atoms with van der Waals surface area (Å²) in [5.41, 5.74) is -0.388. The van der Waals surface area contributed by atoms with Gasteiger partial charge in [0.15, 0.2) is 0 Å². The number of anilines is 1. The first kappa shape index (κ1) is 24.3. The number of carbonyl (C=O) groups is 3. The van der Waals surface area contributed by atoms with Gasteiger partial charge in [-0.15, -0.1) is 0 Å². The first-order valence-corrected chi connectivity index (χ1v) is 11.2. The maximum absolute atomic E-state index is 13.0. The molecule has 3 rings (SSSR count). The molecule has 2 aliphatic heterocycles. The molecule has 0 bridgehead atoms. The Labute approximate surface area is 194 Å². The number of hydrogen-bond acceptors (Lipinski definition) is 6. The lowest BCUT2D eigenvalue weighted by atomic mass is 9.95. The molecule has 1 aromatic carbocycles. The van der Waals surface area contributed by atoms with E-state index in [0.29, 0.717) is 36.6 Å². The number of piperazine rings is 1. The quantitative estimate of drug-likeness (QED) is 0.671. The molecule has 1 aromatic rings. The van der Waals surface area contributed by atoms with Gasteiger partial charge in [0.2, 0.25) is 5.91 Å². The number of rotatable bonds is 5. The third-order valence-electron chi connectivity index (χ3n) is 5.66. The van der Waals surface area contributed by atoms with Crippen molar-refractivity contribution in [3.8, 4) is 0 Å². The van der Waals surface area contributed by atoms with Crippen molar-refractivity contribution in [2.45, 2.75) is 70.7 Å². The second-order valence-electron chi connectivity index (χ2n) is 9.94. The number of ether oxygens (including phenoxy) is 2. The third-order valence-corrected chi connectivity index (χ3v) is 5.97. The number of hydrogen-bond donors (Lipinski definition) is 1. The summed E-state index contributed by atoms with van der Waals surface area (Å²) in [6.07, 6.45) is -0.237. The highest BCUT2D eigenvalue weighted by Crippen LogP contribution is 2.32. The average Bonchev–Trinajstić information content (AvgIpc) is 3.09. The Kier molecular flexibility index (Phi) is 7.05. The number of esters is 1. The van der Waals surface area contributed by atoms with Crippen LogP contribution >= 0.6 is 11.6 Å². The second kappa shape index (κ2) is 9.27. The summed E-state index contributed by atoms with van der Waals surface area (Å²) >= 11 is 6.33. The van der Waals surface area contributed by atoms with E-state index in [1.807, 2.05) is 36.9 Å². The van der Waals surface area contributed by atoms with Gasteiger partial charge in [-0.1, -0.05) is 23.7 Å². The van der Waals surface area contributed by atoms with Crippen molar-refractivity contribution in [1.82, 2.24) is 10.2 Å². The van der Waals surface area contributed by atoms with Gasteiger partial charge < -0.3 is 19.7 Å². The molecule has 2 aliphatic rings. The van der Waals surface area contributed by atoms with Gasteiger partial charge in [-0.3, -0.25) is 14.5 Å². The van der Waals surface area contributed by atoms with Crippen molar-refractivity contribution < 1.29 is 23.9 Å². The summed E-state index contributed by atoms with van der Waals surface area (Å²) in [7, 11) is 0. The number of benzene rings is 1. The Morgan fingerprint density at radius 2 is 2.00 bits per heavy atom. The Hall–Kier alpha value is -2.32. The topological polar surface area (TPSA) is 88.2 Å². The number of nitrogens with one attached hydrogen (secondary N) is 1. The molecule has 8 nitrogen and oxygen atoms in total. The second-order valence-corrected chi connectivity index (χ2v) is 10.4. The number of carbonyl (C=O) groups excluding carboxylic acids is 3. The molecule has 0 saturated carbocycles. The first-order chi connectivity index (χ1) is 14.9. The number of nitrogens with zero attached hydrogens (tertiary/aromatic N) is 2. The fourth-order valence-electron chi connectivity index (χ4n) is 4.02. The summed E-state index contributed by atoms with van der Waals surface area (Å²) in [6, 6.07) is 6.77. The normalized spacial score (nSPS) is 22.4. The van der Waals surface area contributed by atoms with Crippen LogP contribution in [0.3, 0.4) is 0 Å².